The lowest BCUT2D eigenvalue weighted by Crippen LogP contribution is -2.37. The van der Waals surface area contributed by atoms with Crippen LogP contribution in [0.3, 0.4) is 0 Å². The van der Waals surface area contributed by atoms with Crippen LogP contribution in [0.2, 0.25) is 0 Å². The van der Waals surface area contributed by atoms with Crippen molar-refractivity contribution in [2.75, 3.05) is 5.75 Å². The zero-order valence-electron chi connectivity index (χ0n) is 5.49. The summed E-state index contributed by atoms with van der Waals surface area (Å²) in [5, 5.41) is 9.30. The molecule has 3 nitrogen and oxygen atoms in total. The summed E-state index contributed by atoms with van der Waals surface area (Å²) < 4.78 is 0. The number of ketones is 1. The molecule has 1 aliphatic rings. The summed E-state index contributed by atoms with van der Waals surface area (Å²) in [5.41, 5.74) is 0. The lowest BCUT2D eigenvalue weighted by atomic mass is 10.1. The number of Topliss-reactive ketones (excluding diaryl/α,β-unsaturated/α-hetero) is 1. The van der Waals surface area contributed by atoms with Crippen LogP contribution in [0.1, 0.15) is 6.92 Å². The number of carboxylic acids is 1. The molecule has 0 aromatic rings. The Bertz CT molecular complexity index is 178. The molecule has 0 aromatic carbocycles. The van der Waals surface area contributed by atoms with Crippen LogP contribution in [0.25, 0.3) is 0 Å². The second-order valence-electron chi connectivity index (χ2n) is 2.34. The van der Waals surface area contributed by atoms with Gasteiger partial charge in [-0.05, 0) is 0 Å². The van der Waals surface area contributed by atoms with Crippen LogP contribution in [0, 0.1) is 5.92 Å². The maximum atomic E-state index is 10.9. The smallest absolute Gasteiger partial charge is 0.155 e. The van der Waals surface area contributed by atoms with Gasteiger partial charge in [-0.1, -0.05) is 6.92 Å². The Labute approximate surface area is 62.8 Å². The normalized spacial score (nSPS) is 32.7. The van der Waals surface area contributed by atoms with E-state index < -0.39 is 11.2 Å². The molecule has 0 spiro atoms. The standard InChI is InChI=1S/C6H8O3S/c1-3-2-10-5(4(3)7)6(8)9/h3,5H,2H2,1H3,(H,8,9)/p-1. The molecule has 1 saturated heterocycles. The number of thioether (sulfide) groups is 1. The van der Waals surface area contributed by atoms with Crippen molar-refractivity contribution in [1.29, 1.82) is 0 Å². The third kappa shape index (κ3) is 1.16. The third-order valence-corrected chi connectivity index (χ3v) is 2.92. The average Bonchev–Trinajstić information content (AvgIpc) is 2.14. The van der Waals surface area contributed by atoms with Crippen molar-refractivity contribution in [3.05, 3.63) is 0 Å². The molecule has 10 heavy (non-hydrogen) atoms. The van der Waals surface area contributed by atoms with Crippen LogP contribution in [0.5, 0.6) is 0 Å². The molecular formula is C6H7O3S-. The molecule has 56 valence electrons. The fraction of sp³-hybridized carbons (Fsp3) is 0.667. The number of hydrogen-bond donors (Lipinski definition) is 0. The zero-order chi connectivity index (χ0) is 7.72. The summed E-state index contributed by atoms with van der Waals surface area (Å²) in [6.45, 7) is 1.73. The molecule has 0 amide bonds. The van der Waals surface area contributed by atoms with Crippen LogP contribution in [-0.4, -0.2) is 22.8 Å². The van der Waals surface area contributed by atoms with Gasteiger partial charge < -0.3 is 9.90 Å². The van der Waals surface area contributed by atoms with Crippen LogP contribution in [0.4, 0.5) is 0 Å². The molecular weight excluding hydrogens is 152 g/mol. The van der Waals surface area contributed by atoms with Gasteiger partial charge in [-0.2, -0.15) is 0 Å². The van der Waals surface area contributed by atoms with Crippen molar-refractivity contribution in [2.45, 2.75) is 12.2 Å². The molecule has 0 N–H and O–H groups in total. The quantitative estimate of drug-likeness (QED) is 0.463. The highest BCUT2D eigenvalue weighted by molar-refractivity contribution is 8.01. The minimum absolute atomic E-state index is 0.118. The molecule has 0 radical (unpaired) electrons. The Kier molecular flexibility index (Phi) is 1.99. The number of hydrogen-bond acceptors (Lipinski definition) is 4. The lowest BCUT2D eigenvalue weighted by Gasteiger charge is -2.06. The minimum atomic E-state index is -1.25. The van der Waals surface area contributed by atoms with E-state index in [-0.39, 0.29) is 11.7 Å². The molecule has 0 bridgehead atoms. The summed E-state index contributed by atoms with van der Waals surface area (Å²) in [6.07, 6.45) is 0. The number of carbonyl (C=O) groups is 2. The molecule has 0 aromatic heterocycles. The van der Waals surface area contributed by atoms with Crippen LogP contribution < -0.4 is 5.11 Å². The Morgan fingerprint density at radius 1 is 1.80 bits per heavy atom. The molecule has 0 saturated carbocycles. The molecule has 1 fully saturated rings. The van der Waals surface area contributed by atoms with Gasteiger partial charge in [-0.3, -0.25) is 4.79 Å². The third-order valence-electron chi connectivity index (χ3n) is 1.47. The average molecular weight is 159 g/mol. The van der Waals surface area contributed by atoms with Gasteiger partial charge in [-0.15, -0.1) is 11.8 Å². The molecule has 1 aliphatic heterocycles. The molecule has 2 unspecified atom stereocenters. The van der Waals surface area contributed by atoms with Gasteiger partial charge in [0, 0.05) is 11.7 Å². The summed E-state index contributed by atoms with van der Waals surface area (Å²) >= 11 is 1.16. The maximum Gasteiger partial charge on any atom is 0.155 e. The van der Waals surface area contributed by atoms with Gasteiger partial charge in [0.05, 0.1) is 5.97 Å². The molecule has 4 heteroatoms. The van der Waals surface area contributed by atoms with Gasteiger partial charge >= 0.3 is 0 Å². The lowest BCUT2D eigenvalue weighted by molar-refractivity contribution is -0.303. The van der Waals surface area contributed by atoms with Gasteiger partial charge in [0.15, 0.2) is 5.78 Å². The molecule has 2 atom stereocenters. The van der Waals surface area contributed by atoms with Crippen molar-refractivity contribution in [2.24, 2.45) is 5.92 Å². The van der Waals surface area contributed by atoms with E-state index in [1.54, 1.807) is 6.92 Å². The first-order valence-corrected chi connectivity index (χ1v) is 4.04. The summed E-state index contributed by atoms with van der Waals surface area (Å²) in [7, 11) is 0. The second kappa shape index (κ2) is 2.62. The minimum Gasteiger partial charge on any atom is -0.548 e. The zero-order valence-corrected chi connectivity index (χ0v) is 6.31. The Balaban J connectivity index is 2.66. The summed E-state index contributed by atoms with van der Waals surface area (Å²) in [4.78, 5) is 21.1. The van der Waals surface area contributed by atoms with E-state index in [2.05, 4.69) is 0 Å². The monoisotopic (exact) mass is 159 g/mol. The van der Waals surface area contributed by atoms with Gasteiger partial charge in [0.1, 0.15) is 5.25 Å². The van der Waals surface area contributed by atoms with Crippen molar-refractivity contribution in [3.8, 4) is 0 Å². The van der Waals surface area contributed by atoms with Crippen molar-refractivity contribution in [3.63, 3.8) is 0 Å². The topological polar surface area (TPSA) is 57.2 Å². The first kappa shape index (κ1) is 7.60. The fourth-order valence-electron chi connectivity index (χ4n) is 0.847. The maximum absolute atomic E-state index is 10.9. The number of carboxylic acid groups (broad SMARTS) is 1. The number of aliphatic carboxylic acids is 1. The highest BCUT2D eigenvalue weighted by Crippen LogP contribution is 2.26. The highest BCUT2D eigenvalue weighted by Gasteiger charge is 2.32. The largest absolute Gasteiger partial charge is 0.548 e. The van der Waals surface area contributed by atoms with E-state index in [0.29, 0.717) is 5.75 Å². The second-order valence-corrected chi connectivity index (χ2v) is 3.47. The van der Waals surface area contributed by atoms with Crippen molar-refractivity contribution >= 4 is 23.5 Å². The molecule has 1 rings (SSSR count). The van der Waals surface area contributed by atoms with E-state index in [0.717, 1.165) is 11.8 Å². The van der Waals surface area contributed by atoms with E-state index >= 15 is 0 Å². The number of carbonyl (C=O) groups excluding carboxylic acids is 2. The van der Waals surface area contributed by atoms with Crippen LogP contribution in [-0.2, 0) is 9.59 Å². The first-order valence-electron chi connectivity index (χ1n) is 2.99. The SMILES string of the molecule is CC1CSC(C(=O)[O-])C1=O. The van der Waals surface area contributed by atoms with Gasteiger partial charge in [0.25, 0.3) is 0 Å². The Hall–Kier alpha value is -0.510. The fourth-order valence-corrected chi connectivity index (χ4v) is 2.03. The van der Waals surface area contributed by atoms with E-state index in [9.17, 15) is 14.7 Å². The van der Waals surface area contributed by atoms with Gasteiger partial charge in [-0.25, -0.2) is 0 Å². The molecule has 0 aliphatic carbocycles. The predicted octanol–water partition coefficient (Wildman–Crippen LogP) is -0.943. The van der Waals surface area contributed by atoms with Crippen LogP contribution in [0.15, 0.2) is 0 Å². The highest BCUT2D eigenvalue weighted by atomic mass is 32.2. The van der Waals surface area contributed by atoms with Crippen molar-refractivity contribution < 1.29 is 14.7 Å². The van der Waals surface area contributed by atoms with E-state index in [1.807, 2.05) is 0 Å². The van der Waals surface area contributed by atoms with E-state index in [1.165, 1.54) is 0 Å². The van der Waals surface area contributed by atoms with Crippen molar-refractivity contribution in [1.82, 2.24) is 0 Å². The van der Waals surface area contributed by atoms with E-state index in [4.69, 9.17) is 0 Å². The number of rotatable bonds is 1. The summed E-state index contributed by atoms with van der Waals surface area (Å²) in [5.74, 6) is -0.963. The Morgan fingerprint density at radius 3 is 2.60 bits per heavy atom. The van der Waals surface area contributed by atoms with Gasteiger partial charge in [0.2, 0.25) is 0 Å². The first-order chi connectivity index (χ1) is 4.63. The molecule has 1 heterocycles. The van der Waals surface area contributed by atoms with Crippen LogP contribution >= 0.6 is 11.8 Å². The Morgan fingerprint density at radius 2 is 2.40 bits per heavy atom. The summed E-state index contributed by atoms with van der Waals surface area (Å²) in [6, 6.07) is 0. The predicted molar refractivity (Wildman–Crippen MR) is 35.4 cm³/mol.